The van der Waals surface area contributed by atoms with Gasteiger partial charge >= 0.3 is 0 Å². The van der Waals surface area contributed by atoms with Crippen LogP contribution in [0.15, 0.2) is 30.3 Å². The standard InChI is InChI=1S/C14H16N2OS/c1-10-13(8-12-6-4-3-5-7-12)18-14(16-10)9-15-11(2)17/h3-7H,8-9H2,1-2H3,(H,15,17). The van der Waals surface area contributed by atoms with Crippen LogP contribution in [-0.4, -0.2) is 10.9 Å². The fourth-order valence-electron chi connectivity index (χ4n) is 1.71. The summed E-state index contributed by atoms with van der Waals surface area (Å²) in [4.78, 5) is 16.6. The summed E-state index contributed by atoms with van der Waals surface area (Å²) in [7, 11) is 0. The summed E-state index contributed by atoms with van der Waals surface area (Å²) >= 11 is 1.67. The molecule has 2 aromatic rings. The van der Waals surface area contributed by atoms with E-state index < -0.39 is 0 Å². The third-order valence-electron chi connectivity index (χ3n) is 2.63. The van der Waals surface area contributed by atoms with Crippen LogP contribution < -0.4 is 5.32 Å². The van der Waals surface area contributed by atoms with Gasteiger partial charge < -0.3 is 5.32 Å². The number of hydrogen-bond donors (Lipinski definition) is 1. The number of hydrogen-bond acceptors (Lipinski definition) is 3. The number of nitrogens with zero attached hydrogens (tertiary/aromatic N) is 1. The molecule has 1 aromatic carbocycles. The number of nitrogens with one attached hydrogen (secondary N) is 1. The highest BCUT2D eigenvalue weighted by atomic mass is 32.1. The molecule has 0 bridgehead atoms. The molecule has 0 aliphatic carbocycles. The van der Waals surface area contributed by atoms with Crippen LogP contribution in [0.3, 0.4) is 0 Å². The van der Waals surface area contributed by atoms with Gasteiger partial charge in [0.25, 0.3) is 0 Å². The lowest BCUT2D eigenvalue weighted by Gasteiger charge is -1.98. The van der Waals surface area contributed by atoms with E-state index in [-0.39, 0.29) is 5.91 Å². The Hall–Kier alpha value is -1.68. The first-order valence-electron chi connectivity index (χ1n) is 5.88. The van der Waals surface area contributed by atoms with Gasteiger partial charge in [0.1, 0.15) is 5.01 Å². The third kappa shape index (κ3) is 3.40. The molecular weight excluding hydrogens is 244 g/mol. The zero-order valence-electron chi connectivity index (χ0n) is 10.6. The Morgan fingerprint density at radius 2 is 2.06 bits per heavy atom. The molecule has 1 N–H and O–H groups in total. The molecule has 1 aromatic heterocycles. The van der Waals surface area contributed by atoms with Crippen LogP contribution >= 0.6 is 11.3 Å². The molecule has 18 heavy (non-hydrogen) atoms. The Kier molecular flexibility index (Phi) is 4.10. The van der Waals surface area contributed by atoms with E-state index in [0.29, 0.717) is 6.54 Å². The van der Waals surface area contributed by atoms with Gasteiger partial charge in [0.05, 0.1) is 12.2 Å². The zero-order chi connectivity index (χ0) is 13.0. The Bertz CT molecular complexity index is 534. The van der Waals surface area contributed by atoms with Crippen LogP contribution in [0.25, 0.3) is 0 Å². The molecule has 94 valence electrons. The van der Waals surface area contributed by atoms with E-state index in [9.17, 15) is 4.79 Å². The first-order chi connectivity index (χ1) is 8.65. The van der Waals surface area contributed by atoms with Crippen molar-refractivity contribution < 1.29 is 4.79 Å². The largest absolute Gasteiger partial charge is 0.350 e. The van der Waals surface area contributed by atoms with Crippen LogP contribution in [0, 0.1) is 6.92 Å². The molecule has 0 spiro atoms. The molecule has 0 aliphatic heterocycles. The average Bonchev–Trinajstić information content (AvgIpc) is 2.69. The van der Waals surface area contributed by atoms with Crippen LogP contribution in [0.5, 0.6) is 0 Å². The van der Waals surface area contributed by atoms with E-state index in [4.69, 9.17) is 0 Å². The summed E-state index contributed by atoms with van der Waals surface area (Å²) in [6, 6.07) is 10.3. The highest BCUT2D eigenvalue weighted by Gasteiger charge is 2.08. The van der Waals surface area contributed by atoms with E-state index >= 15 is 0 Å². The maximum Gasteiger partial charge on any atom is 0.217 e. The number of aromatic nitrogens is 1. The Morgan fingerprint density at radius 1 is 1.33 bits per heavy atom. The van der Waals surface area contributed by atoms with Gasteiger partial charge in [-0.2, -0.15) is 0 Å². The lowest BCUT2D eigenvalue weighted by atomic mass is 10.1. The number of carbonyl (C=O) groups excluding carboxylic acids is 1. The SMILES string of the molecule is CC(=O)NCc1nc(C)c(Cc2ccccc2)s1. The predicted octanol–water partition coefficient (Wildman–Crippen LogP) is 2.68. The van der Waals surface area contributed by atoms with Gasteiger partial charge in [-0.05, 0) is 12.5 Å². The Morgan fingerprint density at radius 3 is 2.72 bits per heavy atom. The van der Waals surface area contributed by atoms with Crippen LogP contribution in [0.2, 0.25) is 0 Å². The summed E-state index contributed by atoms with van der Waals surface area (Å²) in [6.07, 6.45) is 0.907. The molecule has 0 saturated carbocycles. The van der Waals surface area contributed by atoms with Crippen molar-refractivity contribution in [3.8, 4) is 0 Å². The van der Waals surface area contributed by atoms with Gasteiger partial charge in [0.2, 0.25) is 5.91 Å². The van der Waals surface area contributed by atoms with Crippen LogP contribution in [0.1, 0.15) is 28.1 Å². The van der Waals surface area contributed by atoms with Crippen molar-refractivity contribution in [2.24, 2.45) is 0 Å². The second-order valence-electron chi connectivity index (χ2n) is 4.19. The summed E-state index contributed by atoms with van der Waals surface area (Å²) in [5.74, 6) is -0.0209. The van der Waals surface area contributed by atoms with Crippen molar-refractivity contribution in [2.45, 2.75) is 26.8 Å². The first kappa shape index (κ1) is 12.8. The number of thiazole rings is 1. The van der Waals surface area contributed by atoms with Gasteiger partial charge in [0.15, 0.2) is 0 Å². The molecule has 0 unspecified atom stereocenters. The molecule has 1 amide bonds. The number of aryl methyl sites for hydroxylation is 1. The Labute approximate surface area is 111 Å². The highest BCUT2D eigenvalue weighted by Crippen LogP contribution is 2.21. The number of amides is 1. The van der Waals surface area contributed by atoms with E-state index in [0.717, 1.165) is 17.1 Å². The smallest absolute Gasteiger partial charge is 0.217 e. The van der Waals surface area contributed by atoms with Crippen LogP contribution in [0.4, 0.5) is 0 Å². The van der Waals surface area contributed by atoms with Crippen LogP contribution in [-0.2, 0) is 17.8 Å². The minimum Gasteiger partial charge on any atom is -0.350 e. The van der Waals surface area contributed by atoms with Crippen molar-refractivity contribution in [3.05, 3.63) is 51.5 Å². The summed E-state index contributed by atoms with van der Waals surface area (Å²) < 4.78 is 0. The molecule has 0 saturated heterocycles. The van der Waals surface area contributed by atoms with Crippen molar-refractivity contribution >= 4 is 17.2 Å². The fourth-order valence-corrected chi connectivity index (χ4v) is 2.75. The monoisotopic (exact) mass is 260 g/mol. The minimum absolute atomic E-state index is 0.0209. The molecule has 0 aliphatic rings. The maximum absolute atomic E-state index is 10.9. The summed E-state index contributed by atoms with van der Waals surface area (Å²) in [5, 5.41) is 3.74. The number of carbonyl (C=O) groups is 1. The zero-order valence-corrected chi connectivity index (χ0v) is 11.4. The lowest BCUT2D eigenvalue weighted by molar-refractivity contribution is -0.119. The molecule has 0 atom stereocenters. The normalized spacial score (nSPS) is 10.3. The minimum atomic E-state index is -0.0209. The van der Waals surface area contributed by atoms with E-state index in [1.165, 1.54) is 17.4 Å². The van der Waals surface area contributed by atoms with E-state index in [2.05, 4.69) is 22.4 Å². The predicted molar refractivity (Wildman–Crippen MR) is 73.6 cm³/mol. The number of rotatable bonds is 4. The van der Waals surface area contributed by atoms with Crippen molar-refractivity contribution in [3.63, 3.8) is 0 Å². The quantitative estimate of drug-likeness (QED) is 0.918. The van der Waals surface area contributed by atoms with Gasteiger partial charge in [-0.15, -0.1) is 11.3 Å². The van der Waals surface area contributed by atoms with E-state index in [1.807, 2.05) is 25.1 Å². The molecule has 0 radical (unpaired) electrons. The maximum atomic E-state index is 10.9. The van der Waals surface area contributed by atoms with Gasteiger partial charge in [-0.25, -0.2) is 4.98 Å². The second-order valence-corrected chi connectivity index (χ2v) is 5.36. The van der Waals surface area contributed by atoms with Gasteiger partial charge in [-0.1, -0.05) is 30.3 Å². The second kappa shape index (κ2) is 5.78. The summed E-state index contributed by atoms with van der Waals surface area (Å²) in [6.45, 7) is 4.06. The molecular formula is C14H16N2OS. The van der Waals surface area contributed by atoms with Crippen molar-refractivity contribution in [1.82, 2.24) is 10.3 Å². The molecule has 2 rings (SSSR count). The Balaban J connectivity index is 2.07. The third-order valence-corrected chi connectivity index (χ3v) is 3.79. The van der Waals surface area contributed by atoms with Gasteiger partial charge in [0, 0.05) is 18.2 Å². The fraction of sp³-hybridized carbons (Fsp3) is 0.286. The molecule has 0 fully saturated rings. The number of benzene rings is 1. The molecule has 3 nitrogen and oxygen atoms in total. The average molecular weight is 260 g/mol. The lowest BCUT2D eigenvalue weighted by Crippen LogP contribution is -2.18. The first-order valence-corrected chi connectivity index (χ1v) is 6.70. The van der Waals surface area contributed by atoms with E-state index in [1.54, 1.807) is 11.3 Å². The van der Waals surface area contributed by atoms with Gasteiger partial charge in [-0.3, -0.25) is 4.79 Å². The van der Waals surface area contributed by atoms with Crippen molar-refractivity contribution in [2.75, 3.05) is 0 Å². The molecule has 1 heterocycles. The van der Waals surface area contributed by atoms with Crippen molar-refractivity contribution in [1.29, 1.82) is 0 Å². The topological polar surface area (TPSA) is 42.0 Å². The summed E-state index contributed by atoms with van der Waals surface area (Å²) in [5.41, 5.74) is 2.35. The highest BCUT2D eigenvalue weighted by molar-refractivity contribution is 7.11. The molecule has 4 heteroatoms.